The van der Waals surface area contributed by atoms with Gasteiger partial charge in [-0.05, 0) is 24.5 Å². The van der Waals surface area contributed by atoms with E-state index in [0.29, 0.717) is 6.42 Å². The molecule has 0 fully saturated rings. The Morgan fingerprint density at radius 3 is 2.52 bits per heavy atom. The van der Waals surface area contributed by atoms with Crippen LogP contribution >= 0.6 is 0 Å². The lowest BCUT2D eigenvalue weighted by Gasteiger charge is -2.31. The third-order valence-electron chi connectivity index (χ3n) is 3.69. The maximum Gasteiger partial charge on any atom is 0.269 e. The molecular formula is C17H19N3O3. The molecule has 3 N–H and O–H groups in total. The number of nitro benzene ring substituents is 1. The van der Waals surface area contributed by atoms with Crippen LogP contribution < -0.4 is 11.1 Å². The molecule has 0 aromatic heterocycles. The zero-order valence-electron chi connectivity index (χ0n) is 12.9. The van der Waals surface area contributed by atoms with E-state index in [-0.39, 0.29) is 18.1 Å². The molecule has 120 valence electrons. The first kappa shape index (κ1) is 16.6. The molecule has 23 heavy (non-hydrogen) atoms. The molecule has 1 atom stereocenters. The fraction of sp³-hybridized carbons (Fsp3) is 0.235. The fourth-order valence-electron chi connectivity index (χ4n) is 2.57. The molecule has 2 rings (SSSR count). The SMILES string of the molecule is CC(Cc1cccc([N+](=O)[O-])c1)(NC(=O)CN)c1ccccc1. The number of hydrogen-bond donors (Lipinski definition) is 2. The van der Waals surface area contributed by atoms with E-state index < -0.39 is 10.5 Å². The Hall–Kier alpha value is -2.73. The molecule has 0 bridgehead atoms. The van der Waals surface area contributed by atoms with E-state index in [9.17, 15) is 14.9 Å². The summed E-state index contributed by atoms with van der Waals surface area (Å²) in [6.07, 6.45) is 0.421. The average molecular weight is 313 g/mol. The third kappa shape index (κ3) is 4.14. The summed E-state index contributed by atoms with van der Waals surface area (Å²) in [5.41, 5.74) is 6.42. The van der Waals surface area contributed by atoms with Crippen molar-refractivity contribution < 1.29 is 9.72 Å². The zero-order chi connectivity index (χ0) is 16.9. The number of non-ortho nitro benzene ring substituents is 1. The largest absolute Gasteiger partial charge is 0.345 e. The van der Waals surface area contributed by atoms with Crippen LogP contribution in [0.5, 0.6) is 0 Å². The second-order valence-electron chi connectivity index (χ2n) is 5.55. The third-order valence-corrected chi connectivity index (χ3v) is 3.69. The Bertz CT molecular complexity index is 703. The molecule has 2 aromatic rings. The number of hydrogen-bond acceptors (Lipinski definition) is 4. The van der Waals surface area contributed by atoms with Gasteiger partial charge in [0.1, 0.15) is 0 Å². The minimum Gasteiger partial charge on any atom is -0.345 e. The van der Waals surface area contributed by atoms with Gasteiger partial charge in [0.2, 0.25) is 5.91 Å². The summed E-state index contributed by atoms with van der Waals surface area (Å²) in [5, 5.41) is 13.9. The van der Waals surface area contributed by atoms with Crippen LogP contribution in [-0.4, -0.2) is 17.4 Å². The van der Waals surface area contributed by atoms with Gasteiger partial charge in [-0.15, -0.1) is 0 Å². The van der Waals surface area contributed by atoms with E-state index >= 15 is 0 Å². The van der Waals surface area contributed by atoms with Crippen LogP contribution in [0.2, 0.25) is 0 Å². The van der Waals surface area contributed by atoms with Gasteiger partial charge in [0.05, 0.1) is 17.0 Å². The van der Waals surface area contributed by atoms with Crippen molar-refractivity contribution in [2.75, 3.05) is 6.54 Å². The van der Waals surface area contributed by atoms with Crippen molar-refractivity contribution >= 4 is 11.6 Å². The lowest BCUT2D eigenvalue weighted by atomic mass is 9.85. The Morgan fingerprint density at radius 2 is 1.91 bits per heavy atom. The molecule has 0 spiro atoms. The van der Waals surface area contributed by atoms with Gasteiger partial charge < -0.3 is 11.1 Å². The minimum atomic E-state index is -0.701. The molecule has 0 aliphatic heterocycles. The Morgan fingerprint density at radius 1 is 1.22 bits per heavy atom. The van der Waals surface area contributed by atoms with Crippen LogP contribution in [0.4, 0.5) is 5.69 Å². The van der Waals surface area contributed by atoms with E-state index in [0.717, 1.165) is 11.1 Å². The predicted molar refractivity (Wildman–Crippen MR) is 87.8 cm³/mol. The standard InChI is InChI=1S/C17H19N3O3/c1-17(19-16(21)12-18,14-7-3-2-4-8-14)11-13-6-5-9-15(10-13)20(22)23/h2-10H,11-12,18H2,1H3,(H,19,21). The van der Waals surface area contributed by atoms with Gasteiger partial charge >= 0.3 is 0 Å². The van der Waals surface area contributed by atoms with E-state index in [1.54, 1.807) is 6.07 Å². The molecule has 0 radical (unpaired) electrons. The van der Waals surface area contributed by atoms with Crippen molar-refractivity contribution in [2.24, 2.45) is 5.73 Å². The molecule has 0 aliphatic rings. The summed E-state index contributed by atoms with van der Waals surface area (Å²) < 4.78 is 0. The lowest BCUT2D eigenvalue weighted by molar-refractivity contribution is -0.384. The average Bonchev–Trinajstić information content (AvgIpc) is 2.55. The molecular weight excluding hydrogens is 294 g/mol. The van der Waals surface area contributed by atoms with Gasteiger partial charge in [0.15, 0.2) is 0 Å². The summed E-state index contributed by atoms with van der Waals surface area (Å²) in [7, 11) is 0. The number of nitrogens with one attached hydrogen (secondary N) is 1. The van der Waals surface area contributed by atoms with Crippen molar-refractivity contribution in [1.82, 2.24) is 5.32 Å². The minimum absolute atomic E-state index is 0.0306. The maximum atomic E-state index is 11.8. The second-order valence-corrected chi connectivity index (χ2v) is 5.55. The summed E-state index contributed by atoms with van der Waals surface area (Å²) in [5.74, 6) is -0.276. The number of nitrogens with two attached hydrogens (primary N) is 1. The Labute approximate surface area is 134 Å². The van der Waals surface area contributed by atoms with Crippen molar-refractivity contribution in [2.45, 2.75) is 18.9 Å². The van der Waals surface area contributed by atoms with Crippen LogP contribution in [0.15, 0.2) is 54.6 Å². The highest BCUT2D eigenvalue weighted by Gasteiger charge is 2.29. The van der Waals surface area contributed by atoms with Gasteiger partial charge in [0.25, 0.3) is 5.69 Å². The van der Waals surface area contributed by atoms with Gasteiger partial charge in [-0.25, -0.2) is 0 Å². The first-order valence-electron chi connectivity index (χ1n) is 7.24. The molecule has 0 heterocycles. The van der Waals surface area contributed by atoms with Crippen LogP contribution in [-0.2, 0) is 16.8 Å². The zero-order valence-corrected chi connectivity index (χ0v) is 12.9. The summed E-state index contributed by atoms with van der Waals surface area (Å²) >= 11 is 0. The topological polar surface area (TPSA) is 98.3 Å². The lowest BCUT2D eigenvalue weighted by Crippen LogP contribution is -2.47. The van der Waals surface area contributed by atoms with Gasteiger partial charge in [-0.2, -0.15) is 0 Å². The van der Waals surface area contributed by atoms with Gasteiger partial charge in [-0.3, -0.25) is 14.9 Å². The maximum absolute atomic E-state index is 11.8. The van der Waals surface area contributed by atoms with Crippen LogP contribution in [0.1, 0.15) is 18.1 Å². The molecule has 1 amide bonds. The molecule has 2 aromatic carbocycles. The molecule has 0 saturated carbocycles. The number of nitrogens with zero attached hydrogens (tertiary/aromatic N) is 1. The van der Waals surface area contributed by atoms with E-state index in [4.69, 9.17) is 5.73 Å². The van der Waals surface area contributed by atoms with Gasteiger partial charge in [0, 0.05) is 12.1 Å². The quantitative estimate of drug-likeness (QED) is 0.630. The van der Waals surface area contributed by atoms with Crippen molar-refractivity contribution in [3.05, 3.63) is 75.8 Å². The normalized spacial score (nSPS) is 13.1. The summed E-state index contributed by atoms with van der Waals surface area (Å²) in [4.78, 5) is 22.3. The van der Waals surface area contributed by atoms with Gasteiger partial charge in [-0.1, -0.05) is 42.5 Å². The molecule has 0 saturated heterocycles. The Balaban J connectivity index is 2.36. The number of benzene rings is 2. The van der Waals surface area contributed by atoms with E-state index in [1.807, 2.05) is 43.3 Å². The van der Waals surface area contributed by atoms with E-state index in [1.165, 1.54) is 12.1 Å². The molecule has 1 unspecified atom stereocenters. The van der Waals surface area contributed by atoms with E-state index in [2.05, 4.69) is 5.32 Å². The summed E-state index contributed by atoms with van der Waals surface area (Å²) in [6.45, 7) is 1.77. The van der Waals surface area contributed by atoms with Crippen LogP contribution in [0, 0.1) is 10.1 Å². The smallest absolute Gasteiger partial charge is 0.269 e. The number of carbonyl (C=O) groups is 1. The molecule has 0 aliphatic carbocycles. The van der Waals surface area contributed by atoms with Crippen molar-refractivity contribution in [3.63, 3.8) is 0 Å². The number of rotatable bonds is 6. The van der Waals surface area contributed by atoms with Crippen molar-refractivity contribution in [1.29, 1.82) is 0 Å². The van der Waals surface area contributed by atoms with Crippen molar-refractivity contribution in [3.8, 4) is 0 Å². The first-order valence-corrected chi connectivity index (χ1v) is 7.24. The second kappa shape index (κ2) is 7.02. The number of carbonyl (C=O) groups excluding carboxylic acids is 1. The summed E-state index contributed by atoms with van der Waals surface area (Å²) in [6, 6.07) is 15.9. The Kier molecular flexibility index (Phi) is 5.08. The highest BCUT2D eigenvalue weighted by atomic mass is 16.6. The highest BCUT2D eigenvalue weighted by Crippen LogP contribution is 2.27. The molecule has 6 nitrogen and oxygen atoms in total. The number of amides is 1. The highest BCUT2D eigenvalue weighted by molar-refractivity contribution is 5.78. The fourth-order valence-corrected chi connectivity index (χ4v) is 2.57. The van der Waals surface area contributed by atoms with Crippen LogP contribution in [0.25, 0.3) is 0 Å². The molecule has 6 heteroatoms. The monoisotopic (exact) mass is 313 g/mol. The predicted octanol–water partition coefficient (Wildman–Crippen LogP) is 2.13. The van der Waals surface area contributed by atoms with Crippen LogP contribution in [0.3, 0.4) is 0 Å². The number of nitro groups is 1. The first-order chi connectivity index (χ1) is 10.9.